The molecule has 4 atom stereocenters. The molecule has 4 heteroatoms. The van der Waals surface area contributed by atoms with E-state index in [2.05, 4.69) is 32.8 Å². The fourth-order valence-electron chi connectivity index (χ4n) is 2.89. The molecule has 1 heterocycles. The van der Waals surface area contributed by atoms with Crippen LogP contribution in [0, 0.1) is 5.92 Å². The third kappa shape index (κ3) is 4.05. The first-order chi connectivity index (χ1) is 9.99. The SMILES string of the molecule is CC1O[C@H](COC(=O)c2ccccc2)CC(N(C)C)[C@H]1C. The minimum Gasteiger partial charge on any atom is -0.459 e. The van der Waals surface area contributed by atoms with Crippen LogP contribution in [0.3, 0.4) is 0 Å². The number of hydrogen-bond acceptors (Lipinski definition) is 4. The monoisotopic (exact) mass is 291 g/mol. The molecule has 4 nitrogen and oxygen atoms in total. The van der Waals surface area contributed by atoms with Gasteiger partial charge in [0.05, 0.1) is 17.8 Å². The zero-order valence-electron chi connectivity index (χ0n) is 13.3. The molecule has 1 aromatic rings. The van der Waals surface area contributed by atoms with Crippen LogP contribution in [-0.2, 0) is 9.47 Å². The molecule has 1 saturated heterocycles. The highest BCUT2D eigenvalue weighted by molar-refractivity contribution is 5.89. The first kappa shape index (κ1) is 16.0. The van der Waals surface area contributed by atoms with Crippen molar-refractivity contribution in [3.05, 3.63) is 35.9 Å². The maximum absolute atomic E-state index is 12.0. The van der Waals surface area contributed by atoms with E-state index >= 15 is 0 Å². The average molecular weight is 291 g/mol. The van der Waals surface area contributed by atoms with Crippen LogP contribution < -0.4 is 0 Å². The summed E-state index contributed by atoms with van der Waals surface area (Å²) in [6, 6.07) is 9.52. The van der Waals surface area contributed by atoms with Gasteiger partial charge in [0.15, 0.2) is 0 Å². The van der Waals surface area contributed by atoms with Crippen LogP contribution >= 0.6 is 0 Å². The molecule has 1 fully saturated rings. The van der Waals surface area contributed by atoms with Crippen molar-refractivity contribution in [2.24, 2.45) is 5.92 Å². The minimum atomic E-state index is -0.285. The lowest BCUT2D eigenvalue weighted by atomic mass is 9.88. The molecule has 0 aromatic heterocycles. The van der Waals surface area contributed by atoms with Crippen LogP contribution in [0.25, 0.3) is 0 Å². The summed E-state index contributed by atoms with van der Waals surface area (Å²) in [5.74, 6) is 0.188. The van der Waals surface area contributed by atoms with Crippen LogP contribution in [-0.4, -0.2) is 49.8 Å². The van der Waals surface area contributed by atoms with Gasteiger partial charge >= 0.3 is 5.97 Å². The van der Waals surface area contributed by atoms with E-state index in [-0.39, 0.29) is 18.2 Å². The van der Waals surface area contributed by atoms with Crippen molar-refractivity contribution in [2.75, 3.05) is 20.7 Å². The molecule has 2 unspecified atom stereocenters. The topological polar surface area (TPSA) is 38.8 Å². The van der Waals surface area contributed by atoms with Gasteiger partial charge in [-0.05, 0) is 45.5 Å². The highest BCUT2D eigenvalue weighted by Crippen LogP contribution is 2.28. The molecule has 21 heavy (non-hydrogen) atoms. The van der Waals surface area contributed by atoms with E-state index in [1.807, 2.05) is 18.2 Å². The zero-order chi connectivity index (χ0) is 15.4. The molecular formula is C17H25NO3. The average Bonchev–Trinajstić information content (AvgIpc) is 2.48. The predicted octanol–water partition coefficient (Wildman–Crippen LogP) is 2.59. The molecule has 0 radical (unpaired) electrons. The Morgan fingerprint density at radius 2 is 1.95 bits per heavy atom. The highest BCUT2D eigenvalue weighted by Gasteiger charge is 2.35. The first-order valence-corrected chi connectivity index (χ1v) is 7.53. The number of hydrogen-bond donors (Lipinski definition) is 0. The molecule has 1 aliphatic rings. The van der Waals surface area contributed by atoms with Crippen molar-refractivity contribution in [1.82, 2.24) is 4.90 Å². The van der Waals surface area contributed by atoms with Crippen molar-refractivity contribution in [3.63, 3.8) is 0 Å². The molecule has 0 bridgehead atoms. The first-order valence-electron chi connectivity index (χ1n) is 7.53. The Kier molecular flexibility index (Phi) is 5.37. The summed E-state index contributed by atoms with van der Waals surface area (Å²) < 4.78 is 11.4. The van der Waals surface area contributed by atoms with E-state index in [1.165, 1.54) is 0 Å². The predicted molar refractivity (Wildman–Crippen MR) is 82.3 cm³/mol. The van der Waals surface area contributed by atoms with Gasteiger partial charge in [-0.15, -0.1) is 0 Å². The number of ether oxygens (including phenoxy) is 2. The largest absolute Gasteiger partial charge is 0.459 e. The maximum Gasteiger partial charge on any atom is 0.338 e. The number of rotatable bonds is 4. The smallest absolute Gasteiger partial charge is 0.338 e. The third-order valence-electron chi connectivity index (χ3n) is 4.33. The van der Waals surface area contributed by atoms with Gasteiger partial charge in [-0.1, -0.05) is 25.1 Å². The van der Waals surface area contributed by atoms with E-state index in [4.69, 9.17) is 9.47 Å². The summed E-state index contributed by atoms with van der Waals surface area (Å²) in [4.78, 5) is 14.2. The van der Waals surface area contributed by atoms with Gasteiger partial charge in [-0.25, -0.2) is 4.79 Å². The van der Waals surface area contributed by atoms with Gasteiger partial charge in [0.1, 0.15) is 6.61 Å². The Bertz CT molecular complexity index is 460. The molecular weight excluding hydrogens is 266 g/mol. The van der Waals surface area contributed by atoms with Gasteiger partial charge in [0.25, 0.3) is 0 Å². The normalized spacial score (nSPS) is 29.4. The molecule has 0 spiro atoms. The van der Waals surface area contributed by atoms with Gasteiger partial charge in [-0.3, -0.25) is 0 Å². The molecule has 0 saturated carbocycles. The molecule has 116 valence electrons. The molecule has 0 aliphatic carbocycles. The van der Waals surface area contributed by atoms with Crippen LogP contribution in [0.2, 0.25) is 0 Å². The number of benzene rings is 1. The Hall–Kier alpha value is -1.39. The highest BCUT2D eigenvalue weighted by atomic mass is 16.6. The molecule has 2 rings (SSSR count). The van der Waals surface area contributed by atoms with Crippen molar-refractivity contribution >= 4 is 5.97 Å². The van der Waals surface area contributed by atoms with Crippen LogP contribution in [0.4, 0.5) is 0 Å². The van der Waals surface area contributed by atoms with Gasteiger partial charge < -0.3 is 14.4 Å². The van der Waals surface area contributed by atoms with E-state index in [1.54, 1.807) is 12.1 Å². The number of carbonyl (C=O) groups is 1. The van der Waals surface area contributed by atoms with E-state index < -0.39 is 0 Å². The molecule has 0 amide bonds. The molecule has 0 N–H and O–H groups in total. The molecule has 1 aromatic carbocycles. The van der Waals surface area contributed by atoms with E-state index in [0.29, 0.717) is 24.1 Å². The van der Waals surface area contributed by atoms with Crippen LogP contribution in [0.15, 0.2) is 30.3 Å². The van der Waals surface area contributed by atoms with Crippen molar-refractivity contribution in [3.8, 4) is 0 Å². The third-order valence-corrected chi connectivity index (χ3v) is 4.33. The Labute approximate surface area is 127 Å². The Balaban J connectivity index is 1.90. The van der Waals surface area contributed by atoms with Gasteiger partial charge in [0, 0.05) is 6.04 Å². The number of esters is 1. The summed E-state index contributed by atoms with van der Waals surface area (Å²) >= 11 is 0. The van der Waals surface area contributed by atoms with E-state index in [0.717, 1.165) is 6.42 Å². The fourth-order valence-corrected chi connectivity index (χ4v) is 2.89. The summed E-state index contributed by atoms with van der Waals surface area (Å²) in [6.45, 7) is 4.61. The lowest BCUT2D eigenvalue weighted by molar-refractivity contribution is -0.117. The Morgan fingerprint density at radius 1 is 1.29 bits per heavy atom. The summed E-state index contributed by atoms with van der Waals surface area (Å²) in [6.07, 6.45) is 1.03. The molecule has 1 aliphatic heterocycles. The number of carbonyl (C=O) groups excluding carboxylic acids is 1. The minimum absolute atomic E-state index is 0.0312. The Morgan fingerprint density at radius 3 is 2.57 bits per heavy atom. The standard InChI is InChI=1S/C17H25NO3/c1-12-13(2)21-15(10-16(12)18(3)4)11-20-17(19)14-8-6-5-7-9-14/h5-9,12-13,15-16H,10-11H2,1-4H3/t12-,13?,15-,16?/m0/s1. The lowest BCUT2D eigenvalue weighted by Crippen LogP contribution is -2.49. The summed E-state index contributed by atoms with van der Waals surface area (Å²) in [5.41, 5.74) is 0.582. The maximum atomic E-state index is 12.0. The van der Waals surface area contributed by atoms with Gasteiger partial charge in [-0.2, -0.15) is 0 Å². The van der Waals surface area contributed by atoms with E-state index in [9.17, 15) is 4.79 Å². The van der Waals surface area contributed by atoms with Crippen LogP contribution in [0.1, 0.15) is 30.6 Å². The van der Waals surface area contributed by atoms with Crippen molar-refractivity contribution in [1.29, 1.82) is 0 Å². The fraction of sp³-hybridized carbons (Fsp3) is 0.588. The second-order valence-corrected chi connectivity index (χ2v) is 6.05. The van der Waals surface area contributed by atoms with Crippen LogP contribution in [0.5, 0.6) is 0 Å². The second-order valence-electron chi connectivity index (χ2n) is 6.05. The van der Waals surface area contributed by atoms with Crippen molar-refractivity contribution < 1.29 is 14.3 Å². The second kappa shape index (κ2) is 7.05. The summed E-state index contributed by atoms with van der Waals surface area (Å²) in [5, 5.41) is 0. The summed E-state index contributed by atoms with van der Waals surface area (Å²) in [7, 11) is 4.18. The van der Waals surface area contributed by atoms with Crippen molar-refractivity contribution in [2.45, 2.75) is 38.5 Å². The van der Waals surface area contributed by atoms with Gasteiger partial charge in [0.2, 0.25) is 0 Å². The lowest BCUT2D eigenvalue weighted by Gasteiger charge is -2.42. The zero-order valence-corrected chi connectivity index (χ0v) is 13.3. The number of nitrogens with zero attached hydrogens (tertiary/aromatic N) is 1. The quantitative estimate of drug-likeness (QED) is 0.799.